The molecule has 2 aromatic heterocycles. The number of aromatic nitrogens is 3. The summed E-state index contributed by atoms with van der Waals surface area (Å²) in [5, 5.41) is 4.47. The van der Waals surface area contributed by atoms with Crippen molar-refractivity contribution in [1.29, 1.82) is 0 Å². The highest BCUT2D eigenvalue weighted by Crippen LogP contribution is 2.26. The Morgan fingerprint density at radius 3 is 2.83 bits per heavy atom. The minimum Gasteiger partial charge on any atom is -0.496 e. The molecule has 0 aromatic carbocycles. The van der Waals surface area contributed by atoms with Gasteiger partial charge in [0.1, 0.15) is 5.75 Å². The van der Waals surface area contributed by atoms with Gasteiger partial charge in [-0.1, -0.05) is 0 Å². The minimum absolute atomic E-state index is 0.0237. The van der Waals surface area contributed by atoms with Gasteiger partial charge in [-0.3, -0.25) is 14.7 Å². The maximum absolute atomic E-state index is 12.0. The van der Waals surface area contributed by atoms with Gasteiger partial charge in [-0.05, 0) is 26.3 Å². The van der Waals surface area contributed by atoms with E-state index >= 15 is 0 Å². The molecule has 128 valence electrons. The molecule has 0 saturated heterocycles. The van der Waals surface area contributed by atoms with E-state index in [1.807, 2.05) is 27.0 Å². The monoisotopic (exact) mass is 328 g/mol. The Labute approximate surface area is 142 Å². The van der Waals surface area contributed by atoms with Crippen LogP contribution in [-0.4, -0.2) is 33.3 Å². The summed E-state index contributed by atoms with van der Waals surface area (Å²) < 4.78 is 7.02. The third-order valence-electron chi connectivity index (χ3n) is 4.65. The molecule has 24 heavy (non-hydrogen) atoms. The fourth-order valence-corrected chi connectivity index (χ4v) is 3.30. The molecule has 0 fully saturated rings. The lowest BCUT2D eigenvalue weighted by Crippen LogP contribution is -2.34. The summed E-state index contributed by atoms with van der Waals surface area (Å²) in [6.45, 7) is 9.01. The first-order valence-electron chi connectivity index (χ1n) is 8.34. The fraction of sp³-hybridized carbons (Fsp3) is 0.500. The van der Waals surface area contributed by atoms with Crippen LogP contribution < -0.4 is 10.3 Å². The number of nitrogens with zero attached hydrogens (tertiary/aromatic N) is 4. The Hall–Kier alpha value is -2.21. The summed E-state index contributed by atoms with van der Waals surface area (Å²) in [4.78, 5) is 18.9. The Kier molecular flexibility index (Phi) is 4.66. The van der Waals surface area contributed by atoms with Crippen LogP contribution in [0.4, 0.5) is 0 Å². The molecule has 3 rings (SSSR count). The molecule has 0 amide bonds. The summed E-state index contributed by atoms with van der Waals surface area (Å²) in [5.74, 6) is 0.907. The zero-order valence-electron chi connectivity index (χ0n) is 14.8. The van der Waals surface area contributed by atoms with E-state index in [0.29, 0.717) is 6.54 Å². The van der Waals surface area contributed by atoms with Gasteiger partial charge >= 0.3 is 0 Å². The van der Waals surface area contributed by atoms with Crippen LogP contribution in [0.3, 0.4) is 0 Å². The smallest absolute Gasteiger partial charge is 0.267 e. The van der Waals surface area contributed by atoms with E-state index in [1.165, 1.54) is 4.68 Å². The predicted molar refractivity (Wildman–Crippen MR) is 92.3 cm³/mol. The van der Waals surface area contributed by atoms with E-state index < -0.39 is 0 Å². The number of hydrogen-bond donors (Lipinski definition) is 0. The van der Waals surface area contributed by atoms with Crippen molar-refractivity contribution in [3.63, 3.8) is 0 Å². The summed E-state index contributed by atoms with van der Waals surface area (Å²) >= 11 is 0. The van der Waals surface area contributed by atoms with E-state index in [0.717, 1.165) is 59.9 Å². The molecule has 0 bridgehead atoms. The van der Waals surface area contributed by atoms with Gasteiger partial charge in [0.2, 0.25) is 0 Å². The van der Waals surface area contributed by atoms with Crippen LogP contribution >= 0.6 is 0 Å². The number of pyridine rings is 1. The summed E-state index contributed by atoms with van der Waals surface area (Å²) in [7, 11) is 1.70. The summed E-state index contributed by atoms with van der Waals surface area (Å²) in [6, 6.07) is 1.73. The first kappa shape index (κ1) is 16.6. The van der Waals surface area contributed by atoms with E-state index in [4.69, 9.17) is 4.74 Å². The van der Waals surface area contributed by atoms with Crippen molar-refractivity contribution in [2.75, 3.05) is 13.7 Å². The average molecular weight is 328 g/mol. The van der Waals surface area contributed by atoms with Crippen LogP contribution in [0, 0.1) is 13.8 Å². The third-order valence-corrected chi connectivity index (χ3v) is 4.65. The Balaban J connectivity index is 1.82. The quantitative estimate of drug-likeness (QED) is 0.857. The van der Waals surface area contributed by atoms with Crippen LogP contribution in [0.15, 0.2) is 17.1 Å². The van der Waals surface area contributed by atoms with E-state index in [1.54, 1.807) is 13.2 Å². The Bertz CT molecular complexity index is 813. The SMILES string of the molecule is CCn1nc2c(cc1=O)CN(Cc1ncc(C)c(OC)c1C)CC2. The van der Waals surface area contributed by atoms with Gasteiger partial charge in [0.15, 0.2) is 0 Å². The third kappa shape index (κ3) is 3.06. The average Bonchev–Trinajstić information content (AvgIpc) is 2.57. The molecule has 0 spiro atoms. The van der Waals surface area contributed by atoms with Crippen LogP contribution in [0.1, 0.15) is 35.0 Å². The molecule has 6 nitrogen and oxygen atoms in total. The van der Waals surface area contributed by atoms with Gasteiger partial charge < -0.3 is 4.74 Å². The molecule has 3 heterocycles. The first-order valence-corrected chi connectivity index (χ1v) is 8.34. The Morgan fingerprint density at radius 1 is 1.33 bits per heavy atom. The van der Waals surface area contributed by atoms with Crippen molar-refractivity contribution in [1.82, 2.24) is 19.7 Å². The number of hydrogen-bond acceptors (Lipinski definition) is 5. The predicted octanol–water partition coefficient (Wildman–Crippen LogP) is 1.84. The Morgan fingerprint density at radius 2 is 2.12 bits per heavy atom. The second-order valence-corrected chi connectivity index (χ2v) is 6.28. The topological polar surface area (TPSA) is 60.2 Å². The molecule has 6 heteroatoms. The van der Waals surface area contributed by atoms with Crippen molar-refractivity contribution in [3.05, 3.63) is 50.7 Å². The number of ether oxygens (including phenoxy) is 1. The van der Waals surface area contributed by atoms with E-state index in [-0.39, 0.29) is 5.56 Å². The molecule has 0 radical (unpaired) electrons. The highest BCUT2D eigenvalue weighted by molar-refractivity contribution is 5.41. The van der Waals surface area contributed by atoms with Crippen LogP contribution in [0.25, 0.3) is 0 Å². The normalized spacial score (nSPS) is 14.5. The molecule has 0 saturated carbocycles. The zero-order valence-corrected chi connectivity index (χ0v) is 14.8. The van der Waals surface area contributed by atoms with Crippen molar-refractivity contribution >= 4 is 0 Å². The zero-order chi connectivity index (χ0) is 17.3. The minimum atomic E-state index is -0.0237. The largest absolute Gasteiger partial charge is 0.496 e. The van der Waals surface area contributed by atoms with Gasteiger partial charge in [-0.2, -0.15) is 5.10 Å². The van der Waals surface area contributed by atoms with Crippen LogP contribution in [0.2, 0.25) is 0 Å². The van der Waals surface area contributed by atoms with Crippen LogP contribution in [-0.2, 0) is 26.1 Å². The van der Waals surface area contributed by atoms with Crippen LogP contribution in [0.5, 0.6) is 5.75 Å². The number of rotatable bonds is 4. The number of aryl methyl sites for hydroxylation is 2. The van der Waals surface area contributed by atoms with Crippen molar-refractivity contribution in [2.24, 2.45) is 0 Å². The molecular weight excluding hydrogens is 304 g/mol. The van der Waals surface area contributed by atoms with Gasteiger partial charge in [-0.25, -0.2) is 4.68 Å². The van der Waals surface area contributed by atoms with Gasteiger partial charge in [0.05, 0.1) is 18.5 Å². The van der Waals surface area contributed by atoms with E-state index in [9.17, 15) is 4.79 Å². The van der Waals surface area contributed by atoms with Gasteiger partial charge in [0, 0.05) is 56.0 Å². The number of methoxy groups -OCH3 is 1. The van der Waals surface area contributed by atoms with Crippen molar-refractivity contribution in [2.45, 2.75) is 46.8 Å². The maximum Gasteiger partial charge on any atom is 0.267 e. The first-order chi connectivity index (χ1) is 11.5. The van der Waals surface area contributed by atoms with E-state index in [2.05, 4.69) is 15.0 Å². The lowest BCUT2D eigenvalue weighted by molar-refractivity contribution is 0.237. The summed E-state index contributed by atoms with van der Waals surface area (Å²) in [5.41, 5.74) is 5.21. The maximum atomic E-state index is 12.0. The standard InChI is InChI=1S/C18H24N4O2/c1-5-22-17(23)8-14-10-21(7-6-15(14)20-22)11-16-13(3)18(24-4)12(2)9-19-16/h8-9H,5-7,10-11H2,1-4H3. The second-order valence-electron chi connectivity index (χ2n) is 6.28. The molecule has 0 aliphatic carbocycles. The fourth-order valence-electron chi connectivity index (χ4n) is 3.30. The molecule has 1 aliphatic heterocycles. The summed E-state index contributed by atoms with van der Waals surface area (Å²) in [6.07, 6.45) is 2.72. The van der Waals surface area contributed by atoms with Gasteiger partial charge in [0.25, 0.3) is 5.56 Å². The van der Waals surface area contributed by atoms with Crippen molar-refractivity contribution < 1.29 is 4.74 Å². The molecule has 1 aliphatic rings. The highest BCUT2D eigenvalue weighted by Gasteiger charge is 2.21. The molecule has 0 N–H and O–H groups in total. The molecule has 2 aromatic rings. The van der Waals surface area contributed by atoms with Gasteiger partial charge in [-0.15, -0.1) is 0 Å². The lowest BCUT2D eigenvalue weighted by Gasteiger charge is -2.28. The molecular formula is C18H24N4O2. The second kappa shape index (κ2) is 6.73. The van der Waals surface area contributed by atoms with Crippen molar-refractivity contribution in [3.8, 4) is 5.75 Å². The highest BCUT2D eigenvalue weighted by atomic mass is 16.5. The molecule has 0 atom stereocenters. The number of fused-ring (bicyclic) bond motifs is 1. The lowest BCUT2D eigenvalue weighted by atomic mass is 10.1. The molecule has 0 unspecified atom stereocenters.